The molecule has 6 nitrogen and oxygen atoms in total. The van der Waals surface area contributed by atoms with Crippen LogP contribution in [-0.4, -0.2) is 22.9 Å². The number of amides is 2. The summed E-state index contributed by atoms with van der Waals surface area (Å²) in [5.41, 5.74) is 2.07. The maximum absolute atomic E-state index is 13.4. The van der Waals surface area contributed by atoms with E-state index in [1.54, 1.807) is 41.7 Å². The van der Waals surface area contributed by atoms with Crippen molar-refractivity contribution >= 4 is 34.8 Å². The summed E-state index contributed by atoms with van der Waals surface area (Å²) >= 11 is 5.95. The average Bonchev–Trinajstić information content (AvgIpc) is 3.27. The van der Waals surface area contributed by atoms with Crippen LogP contribution in [0.4, 0.5) is 11.4 Å². The lowest BCUT2D eigenvalue weighted by Gasteiger charge is -2.28. The summed E-state index contributed by atoms with van der Waals surface area (Å²) in [5.74, 6) is -1.35. The first-order valence-corrected chi connectivity index (χ1v) is 9.57. The van der Waals surface area contributed by atoms with E-state index in [1.807, 2.05) is 42.5 Å². The summed E-state index contributed by atoms with van der Waals surface area (Å²) in [7, 11) is 0. The van der Waals surface area contributed by atoms with Crippen molar-refractivity contribution in [2.24, 2.45) is 5.92 Å². The molecule has 0 radical (unpaired) electrons. The molecular weight excluding hydrogens is 390 g/mol. The van der Waals surface area contributed by atoms with Crippen molar-refractivity contribution in [2.45, 2.75) is 12.1 Å². The van der Waals surface area contributed by atoms with Gasteiger partial charge >= 0.3 is 0 Å². The second-order valence-electron chi connectivity index (χ2n) is 6.93. The van der Waals surface area contributed by atoms with Gasteiger partial charge in [-0.2, -0.15) is 0 Å². The Balaban J connectivity index is 1.58. The van der Waals surface area contributed by atoms with Gasteiger partial charge in [0.2, 0.25) is 5.91 Å². The minimum Gasteiger partial charge on any atom is -0.273 e. The van der Waals surface area contributed by atoms with E-state index in [9.17, 15) is 9.59 Å². The molecule has 3 atom stereocenters. The van der Waals surface area contributed by atoms with Gasteiger partial charge in [-0.15, -0.1) is 0 Å². The number of carbonyl (C=O) groups is 2. The Morgan fingerprint density at radius 1 is 0.862 bits per heavy atom. The lowest BCUT2D eigenvalue weighted by molar-refractivity contribution is -0.126. The third-order valence-corrected chi connectivity index (χ3v) is 5.49. The van der Waals surface area contributed by atoms with Gasteiger partial charge in [-0.05, 0) is 48.0 Å². The van der Waals surface area contributed by atoms with Crippen molar-refractivity contribution in [1.29, 1.82) is 0 Å². The molecule has 0 saturated carbocycles. The van der Waals surface area contributed by atoms with Crippen LogP contribution in [0.2, 0.25) is 5.02 Å². The average molecular weight is 406 g/mol. The van der Waals surface area contributed by atoms with Gasteiger partial charge in [0.1, 0.15) is 5.92 Å². The number of para-hydroxylation sites is 1. The zero-order valence-corrected chi connectivity index (χ0v) is 15.9. The number of benzene rings is 2. The Kier molecular flexibility index (Phi) is 4.30. The summed E-state index contributed by atoms with van der Waals surface area (Å²) in [6, 6.07) is 19.3. The van der Waals surface area contributed by atoms with Crippen LogP contribution >= 0.6 is 11.6 Å². The number of hydroxylamine groups is 1. The number of anilines is 2. The molecule has 7 heteroatoms. The minimum atomic E-state index is -0.899. The fourth-order valence-corrected chi connectivity index (χ4v) is 4.07. The first-order valence-electron chi connectivity index (χ1n) is 9.19. The molecule has 2 aliphatic rings. The van der Waals surface area contributed by atoms with Gasteiger partial charge < -0.3 is 0 Å². The van der Waals surface area contributed by atoms with Crippen LogP contribution in [0.15, 0.2) is 79.1 Å². The van der Waals surface area contributed by atoms with Gasteiger partial charge in [0, 0.05) is 17.4 Å². The molecule has 144 valence electrons. The lowest BCUT2D eigenvalue weighted by atomic mass is 9.91. The van der Waals surface area contributed by atoms with Crippen molar-refractivity contribution < 1.29 is 14.4 Å². The third kappa shape index (κ3) is 2.88. The van der Waals surface area contributed by atoms with E-state index in [0.717, 1.165) is 11.3 Å². The van der Waals surface area contributed by atoms with Crippen molar-refractivity contribution in [3.63, 3.8) is 0 Å². The van der Waals surface area contributed by atoms with E-state index < -0.39 is 18.1 Å². The molecule has 0 bridgehead atoms. The Labute approximate surface area is 172 Å². The second kappa shape index (κ2) is 6.99. The number of halogens is 1. The topological polar surface area (TPSA) is 62.7 Å². The molecule has 1 aromatic heterocycles. The molecule has 0 aliphatic carbocycles. The highest BCUT2D eigenvalue weighted by atomic mass is 35.5. The van der Waals surface area contributed by atoms with Crippen LogP contribution in [0.5, 0.6) is 0 Å². The maximum atomic E-state index is 13.4. The largest absolute Gasteiger partial charge is 0.273 e. The van der Waals surface area contributed by atoms with Crippen LogP contribution in [0.1, 0.15) is 11.6 Å². The Bertz CT molecular complexity index is 1060. The summed E-state index contributed by atoms with van der Waals surface area (Å²) in [4.78, 5) is 38.0. The number of rotatable bonds is 3. The maximum Gasteiger partial charge on any atom is 0.266 e. The van der Waals surface area contributed by atoms with E-state index in [1.165, 1.54) is 4.90 Å². The van der Waals surface area contributed by atoms with Crippen LogP contribution < -0.4 is 9.96 Å². The van der Waals surface area contributed by atoms with Crippen molar-refractivity contribution in [3.05, 3.63) is 89.7 Å². The Hall–Kier alpha value is -3.22. The van der Waals surface area contributed by atoms with E-state index in [-0.39, 0.29) is 11.8 Å². The lowest BCUT2D eigenvalue weighted by Crippen LogP contribution is -2.37. The molecule has 0 N–H and O–H groups in total. The monoisotopic (exact) mass is 405 g/mol. The normalized spacial score (nSPS) is 23.6. The second-order valence-corrected chi connectivity index (χ2v) is 7.37. The highest BCUT2D eigenvalue weighted by molar-refractivity contribution is 6.31. The highest BCUT2D eigenvalue weighted by Crippen LogP contribution is 2.47. The predicted octanol–water partition coefficient (Wildman–Crippen LogP) is 3.79. The number of aromatic nitrogens is 1. The van der Waals surface area contributed by atoms with Crippen molar-refractivity contribution in [3.8, 4) is 0 Å². The Morgan fingerprint density at radius 3 is 2.31 bits per heavy atom. The van der Waals surface area contributed by atoms with Gasteiger partial charge in [-0.3, -0.25) is 19.4 Å². The smallest absolute Gasteiger partial charge is 0.266 e. The van der Waals surface area contributed by atoms with Crippen molar-refractivity contribution in [2.75, 3.05) is 9.96 Å². The van der Waals surface area contributed by atoms with E-state index in [4.69, 9.17) is 16.4 Å². The number of fused-ring (bicyclic) bond motifs is 1. The molecule has 2 amide bonds. The molecule has 3 heterocycles. The van der Waals surface area contributed by atoms with E-state index in [0.29, 0.717) is 10.7 Å². The summed E-state index contributed by atoms with van der Waals surface area (Å²) in [6.07, 6.45) is 2.48. The zero-order chi connectivity index (χ0) is 20.0. The standard InChI is InChI=1S/C22H16ClN3O3/c23-15-8-10-16(11-9-15)25-21(27)18-19(14-5-4-12-24-13-14)26(29-20(18)22(25)28)17-6-2-1-3-7-17/h1-13,18-20H/t18-,19-,20-/m1/s1. The quantitative estimate of drug-likeness (QED) is 0.620. The molecule has 5 rings (SSSR count). The molecule has 0 spiro atoms. The first-order chi connectivity index (χ1) is 14.1. The van der Waals surface area contributed by atoms with Crippen molar-refractivity contribution in [1.82, 2.24) is 4.98 Å². The molecular formula is C22H16ClN3O3. The number of imide groups is 1. The van der Waals surface area contributed by atoms with Crippen LogP contribution in [0, 0.1) is 5.92 Å². The van der Waals surface area contributed by atoms with Crippen LogP contribution in [0.3, 0.4) is 0 Å². The molecule has 2 saturated heterocycles. The molecule has 3 aromatic rings. The fourth-order valence-electron chi connectivity index (χ4n) is 3.95. The van der Waals surface area contributed by atoms with Crippen LogP contribution in [-0.2, 0) is 14.4 Å². The van der Waals surface area contributed by atoms with Gasteiger partial charge in [0.05, 0.1) is 17.4 Å². The number of carbonyl (C=O) groups excluding carboxylic acids is 2. The summed E-state index contributed by atoms with van der Waals surface area (Å²) in [6.45, 7) is 0. The molecule has 2 aromatic carbocycles. The van der Waals surface area contributed by atoms with Gasteiger partial charge in [0.25, 0.3) is 5.91 Å². The van der Waals surface area contributed by atoms with Gasteiger partial charge in [0.15, 0.2) is 6.10 Å². The molecule has 0 unspecified atom stereocenters. The fraction of sp³-hybridized carbons (Fsp3) is 0.136. The van der Waals surface area contributed by atoms with Crippen LogP contribution in [0.25, 0.3) is 0 Å². The third-order valence-electron chi connectivity index (χ3n) is 5.24. The summed E-state index contributed by atoms with van der Waals surface area (Å²) < 4.78 is 0. The highest BCUT2D eigenvalue weighted by Gasteiger charge is 2.60. The first kappa shape index (κ1) is 17.8. The van der Waals surface area contributed by atoms with Gasteiger partial charge in [-0.25, -0.2) is 9.96 Å². The minimum absolute atomic E-state index is 0.297. The van der Waals surface area contributed by atoms with Gasteiger partial charge in [-0.1, -0.05) is 35.9 Å². The predicted molar refractivity (Wildman–Crippen MR) is 108 cm³/mol. The Morgan fingerprint density at radius 2 is 1.62 bits per heavy atom. The number of hydrogen-bond donors (Lipinski definition) is 0. The number of pyridine rings is 1. The molecule has 2 aliphatic heterocycles. The molecule has 2 fully saturated rings. The molecule has 29 heavy (non-hydrogen) atoms. The number of nitrogens with zero attached hydrogens (tertiary/aromatic N) is 3. The number of hydrogen-bond acceptors (Lipinski definition) is 5. The summed E-state index contributed by atoms with van der Waals surface area (Å²) in [5, 5.41) is 2.19. The zero-order valence-electron chi connectivity index (χ0n) is 15.2. The van der Waals surface area contributed by atoms with E-state index in [2.05, 4.69) is 4.98 Å². The SMILES string of the molecule is O=C1[C@@H]2[C@@H](c3cccnc3)N(c3ccccc3)O[C@H]2C(=O)N1c1ccc(Cl)cc1. The van der Waals surface area contributed by atoms with E-state index >= 15 is 0 Å².